The van der Waals surface area contributed by atoms with Crippen molar-refractivity contribution < 1.29 is 18.7 Å². The Kier molecular flexibility index (Phi) is 1.87. The third kappa shape index (κ3) is 1.24. The number of carboxylic acid groups (broad SMARTS) is 1. The smallest absolute Gasteiger partial charge is 0.320 e. The summed E-state index contributed by atoms with van der Waals surface area (Å²) in [5.41, 5.74) is -1.00. The summed E-state index contributed by atoms with van der Waals surface area (Å²) in [6.45, 7) is 1.75. The van der Waals surface area contributed by atoms with Crippen molar-refractivity contribution in [1.82, 2.24) is 0 Å². The van der Waals surface area contributed by atoms with Crippen LogP contribution in [0.25, 0.3) is 0 Å². The molecule has 0 spiro atoms. The standard InChI is InChI=1S/C11H10F2O2/c1-7-3-2-4-8(5-7)10(9(14)15)6-11(10,12)13/h2-5H,6H2,1H3,(H,14,15). The van der Waals surface area contributed by atoms with Gasteiger partial charge in [0, 0.05) is 6.42 Å². The first kappa shape index (κ1) is 10.1. The van der Waals surface area contributed by atoms with E-state index in [0.717, 1.165) is 5.56 Å². The fourth-order valence-electron chi connectivity index (χ4n) is 1.87. The molecular formula is C11H10F2O2. The van der Waals surface area contributed by atoms with Gasteiger partial charge in [-0.2, -0.15) is 0 Å². The minimum atomic E-state index is -3.12. The predicted molar refractivity (Wildman–Crippen MR) is 50.1 cm³/mol. The van der Waals surface area contributed by atoms with Crippen molar-refractivity contribution in [2.75, 3.05) is 0 Å². The molecule has 1 N–H and O–H groups in total. The summed E-state index contributed by atoms with van der Waals surface area (Å²) in [7, 11) is 0. The number of aliphatic carboxylic acids is 1. The summed E-state index contributed by atoms with van der Waals surface area (Å²) in [6.07, 6.45) is -0.598. The molecule has 0 amide bonds. The van der Waals surface area contributed by atoms with Gasteiger partial charge in [0.25, 0.3) is 5.92 Å². The normalized spacial score (nSPS) is 27.4. The Balaban J connectivity index is 2.50. The van der Waals surface area contributed by atoms with E-state index in [-0.39, 0.29) is 5.56 Å². The number of halogens is 2. The van der Waals surface area contributed by atoms with E-state index in [9.17, 15) is 13.6 Å². The van der Waals surface area contributed by atoms with Crippen LogP contribution in [-0.2, 0) is 10.2 Å². The molecular weight excluding hydrogens is 202 g/mol. The van der Waals surface area contributed by atoms with Gasteiger partial charge in [0.15, 0.2) is 5.41 Å². The van der Waals surface area contributed by atoms with Crippen molar-refractivity contribution >= 4 is 5.97 Å². The van der Waals surface area contributed by atoms with Gasteiger partial charge in [-0.05, 0) is 12.5 Å². The molecule has 2 rings (SSSR count). The van der Waals surface area contributed by atoms with Crippen LogP contribution in [0.1, 0.15) is 17.5 Å². The van der Waals surface area contributed by atoms with Gasteiger partial charge in [-0.25, -0.2) is 8.78 Å². The zero-order valence-corrected chi connectivity index (χ0v) is 8.13. The maximum atomic E-state index is 13.1. The molecule has 0 radical (unpaired) electrons. The van der Waals surface area contributed by atoms with Gasteiger partial charge in [-0.15, -0.1) is 0 Å². The zero-order valence-electron chi connectivity index (χ0n) is 8.13. The van der Waals surface area contributed by atoms with Crippen LogP contribution in [0, 0.1) is 6.92 Å². The highest BCUT2D eigenvalue weighted by atomic mass is 19.3. The first-order chi connectivity index (χ1) is 6.90. The summed E-state index contributed by atoms with van der Waals surface area (Å²) in [6, 6.07) is 6.31. The lowest BCUT2D eigenvalue weighted by Gasteiger charge is -2.11. The number of carbonyl (C=O) groups is 1. The van der Waals surface area contributed by atoms with E-state index in [4.69, 9.17) is 5.11 Å². The maximum Gasteiger partial charge on any atom is 0.320 e. The van der Waals surface area contributed by atoms with Crippen LogP contribution in [-0.4, -0.2) is 17.0 Å². The third-order valence-corrected chi connectivity index (χ3v) is 2.86. The van der Waals surface area contributed by atoms with Crippen molar-refractivity contribution in [3.63, 3.8) is 0 Å². The summed E-state index contributed by atoms with van der Waals surface area (Å²) < 4.78 is 26.3. The fourth-order valence-corrected chi connectivity index (χ4v) is 1.87. The Morgan fingerprint density at radius 3 is 2.47 bits per heavy atom. The van der Waals surface area contributed by atoms with E-state index < -0.39 is 23.7 Å². The molecule has 0 aromatic heterocycles. The minimum absolute atomic E-state index is 0.194. The molecule has 1 unspecified atom stereocenters. The monoisotopic (exact) mass is 212 g/mol. The average Bonchev–Trinajstić information content (AvgIpc) is 2.71. The van der Waals surface area contributed by atoms with Crippen LogP contribution in [0.2, 0.25) is 0 Å². The quantitative estimate of drug-likeness (QED) is 0.817. The maximum absolute atomic E-state index is 13.1. The molecule has 0 bridgehead atoms. The van der Waals surface area contributed by atoms with Crippen LogP contribution in [0.5, 0.6) is 0 Å². The van der Waals surface area contributed by atoms with Gasteiger partial charge >= 0.3 is 5.97 Å². The van der Waals surface area contributed by atoms with Gasteiger partial charge in [-0.3, -0.25) is 4.79 Å². The summed E-state index contributed by atoms with van der Waals surface area (Å²) in [5.74, 6) is -4.56. The lowest BCUT2D eigenvalue weighted by atomic mass is 9.94. The van der Waals surface area contributed by atoms with Crippen LogP contribution in [0.4, 0.5) is 8.78 Å². The number of carboxylic acids is 1. The summed E-state index contributed by atoms with van der Waals surface area (Å²) in [5, 5.41) is 8.90. The van der Waals surface area contributed by atoms with E-state index in [1.807, 2.05) is 0 Å². The second kappa shape index (κ2) is 2.78. The first-order valence-electron chi connectivity index (χ1n) is 4.58. The molecule has 15 heavy (non-hydrogen) atoms. The molecule has 1 aliphatic rings. The first-order valence-corrected chi connectivity index (χ1v) is 4.58. The average molecular weight is 212 g/mol. The van der Waals surface area contributed by atoms with Crippen LogP contribution in [0.15, 0.2) is 24.3 Å². The molecule has 4 heteroatoms. The molecule has 0 saturated heterocycles. The number of rotatable bonds is 2. The summed E-state index contributed by atoms with van der Waals surface area (Å²) >= 11 is 0. The Bertz CT molecular complexity index is 428. The van der Waals surface area contributed by atoms with Crippen molar-refractivity contribution in [1.29, 1.82) is 0 Å². The van der Waals surface area contributed by atoms with Crippen molar-refractivity contribution in [2.45, 2.75) is 24.7 Å². The van der Waals surface area contributed by atoms with Crippen LogP contribution in [0.3, 0.4) is 0 Å². The topological polar surface area (TPSA) is 37.3 Å². The second-order valence-electron chi connectivity index (χ2n) is 3.96. The lowest BCUT2D eigenvalue weighted by Crippen LogP contribution is -2.27. The largest absolute Gasteiger partial charge is 0.480 e. The molecule has 0 heterocycles. The van der Waals surface area contributed by atoms with Crippen molar-refractivity contribution in [3.05, 3.63) is 35.4 Å². The van der Waals surface area contributed by atoms with E-state index in [2.05, 4.69) is 0 Å². The van der Waals surface area contributed by atoms with Gasteiger partial charge in [0.1, 0.15) is 0 Å². The molecule has 2 nitrogen and oxygen atoms in total. The van der Waals surface area contributed by atoms with Crippen molar-refractivity contribution in [2.24, 2.45) is 0 Å². The Morgan fingerprint density at radius 2 is 2.07 bits per heavy atom. The second-order valence-corrected chi connectivity index (χ2v) is 3.96. The molecule has 1 aromatic rings. The molecule has 1 fully saturated rings. The van der Waals surface area contributed by atoms with Crippen LogP contribution >= 0.6 is 0 Å². The summed E-state index contributed by atoms with van der Waals surface area (Å²) in [4.78, 5) is 10.9. The molecule has 1 atom stereocenters. The van der Waals surface area contributed by atoms with Gasteiger partial charge < -0.3 is 5.11 Å². The van der Waals surface area contributed by atoms with E-state index in [0.29, 0.717) is 0 Å². The zero-order chi connectivity index (χ0) is 11.3. The number of benzene rings is 1. The molecule has 0 aliphatic heterocycles. The Hall–Kier alpha value is -1.45. The Morgan fingerprint density at radius 1 is 1.47 bits per heavy atom. The highest BCUT2D eigenvalue weighted by molar-refractivity contribution is 5.87. The van der Waals surface area contributed by atoms with E-state index >= 15 is 0 Å². The molecule has 1 aliphatic carbocycles. The number of hydrogen-bond donors (Lipinski definition) is 1. The Labute approximate surface area is 85.5 Å². The SMILES string of the molecule is Cc1cccc(C2(C(=O)O)CC2(F)F)c1. The number of aryl methyl sites for hydroxylation is 1. The van der Waals surface area contributed by atoms with E-state index in [1.165, 1.54) is 12.1 Å². The third-order valence-electron chi connectivity index (χ3n) is 2.86. The number of hydrogen-bond acceptors (Lipinski definition) is 1. The highest BCUT2D eigenvalue weighted by Gasteiger charge is 2.77. The fraction of sp³-hybridized carbons (Fsp3) is 0.364. The van der Waals surface area contributed by atoms with Crippen LogP contribution < -0.4 is 0 Å². The lowest BCUT2D eigenvalue weighted by molar-refractivity contribution is -0.142. The van der Waals surface area contributed by atoms with E-state index in [1.54, 1.807) is 19.1 Å². The van der Waals surface area contributed by atoms with Gasteiger partial charge in [0.05, 0.1) is 0 Å². The van der Waals surface area contributed by atoms with Gasteiger partial charge in [-0.1, -0.05) is 29.8 Å². The minimum Gasteiger partial charge on any atom is -0.480 e. The van der Waals surface area contributed by atoms with Gasteiger partial charge in [0.2, 0.25) is 0 Å². The molecule has 1 saturated carbocycles. The van der Waals surface area contributed by atoms with Crippen molar-refractivity contribution in [3.8, 4) is 0 Å². The number of alkyl halides is 2. The predicted octanol–water partition coefficient (Wildman–Crippen LogP) is 2.36. The molecule has 80 valence electrons. The highest BCUT2D eigenvalue weighted by Crippen LogP contribution is 2.61. The molecule has 1 aromatic carbocycles.